The van der Waals surface area contributed by atoms with Crippen LogP contribution in [0.4, 0.5) is 0 Å². The molecule has 4 fully saturated rings. The molecule has 0 aliphatic heterocycles. The second kappa shape index (κ2) is 1.13. The molecule has 0 aromatic carbocycles. The van der Waals surface area contributed by atoms with Gasteiger partial charge in [0.2, 0.25) is 5.91 Å². The number of carbonyl (C=O) groups is 1. The lowest BCUT2D eigenvalue weighted by Gasteiger charge is -2.02. The first-order chi connectivity index (χ1) is 4.75. The van der Waals surface area contributed by atoms with Crippen LogP contribution in [0.2, 0.25) is 0 Å². The molecule has 0 radical (unpaired) electrons. The van der Waals surface area contributed by atoms with E-state index in [9.17, 15) is 4.79 Å². The molecule has 2 N–H and O–H groups in total. The SMILES string of the molecule is NC(=O)C12CC3C[C@@H]1[C@H]2C3. The minimum absolute atomic E-state index is 0.0116. The first-order valence-electron chi connectivity index (χ1n) is 4.05. The highest BCUT2D eigenvalue weighted by Gasteiger charge is 2.77. The van der Waals surface area contributed by atoms with Gasteiger partial charge in [-0.1, -0.05) is 0 Å². The quantitative estimate of drug-likeness (QED) is 0.562. The highest BCUT2D eigenvalue weighted by Crippen LogP contribution is 2.78. The Labute approximate surface area is 59.8 Å². The number of nitrogens with two attached hydrogens (primary N) is 1. The lowest BCUT2D eigenvalue weighted by Crippen LogP contribution is -2.24. The average Bonchev–Trinajstić information content (AvgIpc) is 2.42. The zero-order chi connectivity index (χ0) is 6.93. The van der Waals surface area contributed by atoms with Crippen molar-refractivity contribution in [2.45, 2.75) is 19.3 Å². The lowest BCUT2D eigenvalue weighted by atomic mass is 10.0. The maximum atomic E-state index is 11.0. The summed E-state index contributed by atoms with van der Waals surface area (Å²) >= 11 is 0. The Morgan fingerprint density at radius 1 is 1.40 bits per heavy atom. The molecule has 2 nitrogen and oxygen atoms in total. The zero-order valence-corrected chi connectivity index (χ0v) is 5.84. The van der Waals surface area contributed by atoms with Gasteiger partial charge in [-0.25, -0.2) is 0 Å². The largest absolute Gasteiger partial charge is 0.369 e. The summed E-state index contributed by atoms with van der Waals surface area (Å²) < 4.78 is 0. The number of hydrogen-bond donors (Lipinski definition) is 1. The molecule has 4 aliphatic carbocycles. The van der Waals surface area contributed by atoms with Crippen molar-refractivity contribution in [1.82, 2.24) is 0 Å². The fourth-order valence-corrected chi connectivity index (χ4v) is 3.58. The maximum absolute atomic E-state index is 11.0. The van der Waals surface area contributed by atoms with Crippen LogP contribution in [0.1, 0.15) is 19.3 Å². The molecule has 1 amide bonds. The summed E-state index contributed by atoms with van der Waals surface area (Å²) in [6.07, 6.45) is 3.72. The molecule has 0 saturated heterocycles. The van der Waals surface area contributed by atoms with Gasteiger partial charge in [0.15, 0.2) is 0 Å². The Hall–Kier alpha value is -0.530. The Kier molecular flexibility index (Phi) is 0.582. The number of rotatable bonds is 1. The van der Waals surface area contributed by atoms with Gasteiger partial charge >= 0.3 is 0 Å². The molecule has 4 bridgehead atoms. The van der Waals surface area contributed by atoms with Crippen molar-refractivity contribution in [3.63, 3.8) is 0 Å². The Morgan fingerprint density at radius 3 is 2.20 bits per heavy atom. The zero-order valence-electron chi connectivity index (χ0n) is 5.84. The second-order valence-corrected chi connectivity index (χ2v) is 4.16. The molecule has 54 valence electrons. The van der Waals surface area contributed by atoms with Crippen molar-refractivity contribution in [2.75, 3.05) is 0 Å². The lowest BCUT2D eigenvalue weighted by molar-refractivity contribution is -0.123. The second-order valence-electron chi connectivity index (χ2n) is 4.16. The van der Waals surface area contributed by atoms with Crippen LogP contribution in [0.5, 0.6) is 0 Å². The van der Waals surface area contributed by atoms with E-state index in [1.807, 2.05) is 0 Å². The molecule has 0 aromatic rings. The highest BCUT2D eigenvalue weighted by molar-refractivity contribution is 5.86. The summed E-state index contributed by atoms with van der Waals surface area (Å²) in [5.41, 5.74) is 5.38. The van der Waals surface area contributed by atoms with Crippen molar-refractivity contribution < 1.29 is 4.79 Å². The molecule has 0 spiro atoms. The van der Waals surface area contributed by atoms with Crippen LogP contribution in [0.3, 0.4) is 0 Å². The van der Waals surface area contributed by atoms with Gasteiger partial charge in [-0.05, 0) is 37.0 Å². The van der Waals surface area contributed by atoms with E-state index < -0.39 is 0 Å². The number of amides is 1. The van der Waals surface area contributed by atoms with Gasteiger partial charge < -0.3 is 5.73 Å². The summed E-state index contributed by atoms with van der Waals surface area (Å²) in [6, 6.07) is 0. The van der Waals surface area contributed by atoms with Crippen molar-refractivity contribution in [3.05, 3.63) is 0 Å². The van der Waals surface area contributed by atoms with E-state index in [2.05, 4.69) is 0 Å². The number of carbonyl (C=O) groups excluding carboxylic acids is 1. The van der Waals surface area contributed by atoms with Crippen LogP contribution < -0.4 is 5.73 Å². The van der Waals surface area contributed by atoms with Crippen LogP contribution >= 0.6 is 0 Å². The van der Waals surface area contributed by atoms with Gasteiger partial charge in [0.05, 0.1) is 5.41 Å². The summed E-state index contributed by atoms with van der Waals surface area (Å²) in [5, 5.41) is 0. The number of hydrogen-bond acceptors (Lipinski definition) is 1. The number of primary amides is 1. The minimum atomic E-state index is -0.0116. The van der Waals surface area contributed by atoms with Gasteiger partial charge in [0.1, 0.15) is 0 Å². The molecule has 0 unspecified atom stereocenters. The van der Waals surface area contributed by atoms with E-state index >= 15 is 0 Å². The minimum Gasteiger partial charge on any atom is -0.369 e. The topological polar surface area (TPSA) is 43.1 Å². The van der Waals surface area contributed by atoms with Crippen LogP contribution in [0.25, 0.3) is 0 Å². The molecule has 0 aromatic heterocycles. The molecule has 10 heavy (non-hydrogen) atoms. The van der Waals surface area contributed by atoms with Gasteiger partial charge in [0.25, 0.3) is 0 Å². The standard InChI is InChI=1S/C8H11NO/c9-7(10)8-3-4-1-5(8)6(8)2-4/h4-6H,1-3H2,(H2,9,10)/t4?,5-,6-,8?/m1/s1. The van der Waals surface area contributed by atoms with Gasteiger partial charge in [0, 0.05) is 0 Å². The Morgan fingerprint density at radius 2 is 2.00 bits per heavy atom. The van der Waals surface area contributed by atoms with Crippen molar-refractivity contribution in [3.8, 4) is 0 Å². The Bertz CT molecular complexity index is 211. The summed E-state index contributed by atoms with van der Waals surface area (Å²) in [4.78, 5) is 11.0. The van der Waals surface area contributed by atoms with E-state index in [1.165, 1.54) is 12.8 Å². The third-order valence-corrected chi connectivity index (χ3v) is 3.96. The molecule has 4 rings (SSSR count). The summed E-state index contributed by atoms with van der Waals surface area (Å²) in [7, 11) is 0. The van der Waals surface area contributed by atoms with Crippen molar-refractivity contribution >= 4 is 5.91 Å². The molecule has 2 heteroatoms. The normalized spacial score (nSPS) is 61.0. The predicted molar refractivity (Wildman–Crippen MR) is 35.9 cm³/mol. The van der Waals surface area contributed by atoms with Crippen LogP contribution in [-0.4, -0.2) is 5.91 Å². The molecule has 2 atom stereocenters. The van der Waals surface area contributed by atoms with Crippen LogP contribution in [0.15, 0.2) is 0 Å². The smallest absolute Gasteiger partial charge is 0.224 e. The van der Waals surface area contributed by atoms with E-state index in [-0.39, 0.29) is 11.3 Å². The summed E-state index contributed by atoms with van der Waals surface area (Å²) in [6.45, 7) is 0. The fourth-order valence-electron chi connectivity index (χ4n) is 3.58. The maximum Gasteiger partial charge on any atom is 0.224 e. The first-order valence-corrected chi connectivity index (χ1v) is 4.05. The van der Waals surface area contributed by atoms with Gasteiger partial charge in [-0.2, -0.15) is 0 Å². The monoisotopic (exact) mass is 137 g/mol. The molecule has 4 aliphatic rings. The Balaban J connectivity index is 2.06. The average molecular weight is 137 g/mol. The first kappa shape index (κ1) is 5.16. The van der Waals surface area contributed by atoms with Crippen molar-refractivity contribution in [1.29, 1.82) is 0 Å². The van der Waals surface area contributed by atoms with Gasteiger partial charge in [-0.15, -0.1) is 0 Å². The van der Waals surface area contributed by atoms with E-state index in [4.69, 9.17) is 5.73 Å². The third kappa shape index (κ3) is 0.297. The fraction of sp³-hybridized carbons (Fsp3) is 0.875. The third-order valence-electron chi connectivity index (χ3n) is 3.96. The molecular weight excluding hydrogens is 126 g/mol. The van der Waals surface area contributed by atoms with E-state index in [1.54, 1.807) is 0 Å². The molecular formula is C8H11NO. The predicted octanol–water partition coefficient (Wildman–Crippen LogP) is 0.518. The van der Waals surface area contributed by atoms with E-state index in [0.717, 1.165) is 24.2 Å². The van der Waals surface area contributed by atoms with E-state index in [0.29, 0.717) is 0 Å². The van der Waals surface area contributed by atoms with Gasteiger partial charge in [-0.3, -0.25) is 4.79 Å². The molecule has 4 saturated carbocycles. The van der Waals surface area contributed by atoms with Crippen LogP contribution in [0, 0.1) is 23.2 Å². The molecule has 0 heterocycles. The highest BCUT2D eigenvalue weighted by atomic mass is 16.1. The van der Waals surface area contributed by atoms with Crippen LogP contribution in [-0.2, 0) is 4.79 Å². The van der Waals surface area contributed by atoms with Crippen molar-refractivity contribution in [2.24, 2.45) is 28.9 Å². The summed E-state index contributed by atoms with van der Waals surface area (Å²) in [5.74, 6) is 2.29.